The fourth-order valence-corrected chi connectivity index (χ4v) is 7.25. The molecule has 0 aliphatic carbocycles. The predicted molar refractivity (Wildman–Crippen MR) is 172 cm³/mol. The largest absolute Gasteiger partial charge is 0.487 e. The maximum Gasteiger partial charge on any atom is 0.338 e. The van der Waals surface area contributed by atoms with E-state index in [0.717, 1.165) is 5.56 Å². The van der Waals surface area contributed by atoms with Crippen molar-refractivity contribution in [2.45, 2.75) is 19.9 Å². The highest BCUT2D eigenvalue weighted by Crippen LogP contribution is 2.37. The SMILES string of the molecule is C=CCOc1c(Br)cc(/C=c2\sc3n(c2=O)[C@H](c2ccc(-c4ccc(Cl)c(Cl)c4)o2)C(C(=O)OCC)=C(C)N=3)cc1Br. The van der Waals surface area contributed by atoms with Gasteiger partial charge in [0.15, 0.2) is 4.80 Å². The summed E-state index contributed by atoms with van der Waals surface area (Å²) in [5.74, 6) is 0.916. The summed E-state index contributed by atoms with van der Waals surface area (Å²) >= 11 is 20.6. The fourth-order valence-electron chi connectivity index (χ4n) is 4.46. The third-order valence-electron chi connectivity index (χ3n) is 6.28. The molecule has 2 aromatic heterocycles. The Morgan fingerprint density at radius 2 is 1.90 bits per heavy atom. The molecule has 7 nitrogen and oxygen atoms in total. The lowest BCUT2D eigenvalue weighted by Crippen LogP contribution is -2.39. The second-order valence-electron chi connectivity index (χ2n) is 9.05. The molecule has 4 aromatic rings. The van der Waals surface area contributed by atoms with Crippen molar-refractivity contribution in [1.29, 1.82) is 0 Å². The number of halogens is 4. The van der Waals surface area contributed by atoms with Crippen molar-refractivity contribution in [3.63, 3.8) is 0 Å². The highest BCUT2D eigenvalue weighted by Gasteiger charge is 2.35. The van der Waals surface area contributed by atoms with Gasteiger partial charge in [0.25, 0.3) is 5.56 Å². The molecule has 0 N–H and O–H groups in total. The van der Waals surface area contributed by atoms with E-state index in [1.807, 2.05) is 12.1 Å². The number of thiazole rings is 1. The number of esters is 1. The van der Waals surface area contributed by atoms with Crippen molar-refractivity contribution in [3.8, 4) is 17.1 Å². The minimum Gasteiger partial charge on any atom is -0.487 e. The number of nitrogens with zero attached hydrogens (tertiary/aromatic N) is 2. The third kappa shape index (κ3) is 5.96. The maximum absolute atomic E-state index is 13.9. The van der Waals surface area contributed by atoms with Crippen LogP contribution in [0.4, 0.5) is 0 Å². The van der Waals surface area contributed by atoms with Gasteiger partial charge in [-0.1, -0.05) is 47.2 Å². The first-order valence-corrected chi connectivity index (χ1v) is 15.8. The van der Waals surface area contributed by atoms with E-state index in [4.69, 9.17) is 37.1 Å². The van der Waals surface area contributed by atoms with Crippen molar-refractivity contribution in [1.82, 2.24) is 4.57 Å². The monoisotopic (exact) mass is 750 g/mol. The number of allylic oxidation sites excluding steroid dienone is 1. The number of carbonyl (C=O) groups excluding carboxylic acids is 1. The fraction of sp³-hybridized carbons (Fsp3) is 0.167. The highest BCUT2D eigenvalue weighted by molar-refractivity contribution is 9.11. The van der Waals surface area contributed by atoms with E-state index in [-0.39, 0.29) is 17.7 Å². The number of hydrogen-bond donors (Lipinski definition) is 0. The van der Waals surface area contributed by atoms with E-state index in [1.54, 1.807) is 56.3 Å². The van der Waals surface area contributed by atoms with Gasteiger partial charge in [0, 0.05) is 5.56 Å². The molecule has 1 aliphatic heterocycles. The molecule has 0 amide bonds. The van der Waals surface area contributed by atoms with Crippen LogP contribution in [0.1, 0.15) is 31.2 Å². The Hall–Kier alpha value is -2.89. The molecular weight excluding hydrogens is 731 g/mol. The number of carbonyl (C=O) groups is 1. The molecule has 5 rings (SSSR count). The molecule has 2 aromatic carbocycles. The van der Waals surface area contributed by atoms with Crippen LogP contribution in [0.2, 0.25) is 10.0 Å². The zero-order chi connectivity index (χ0) is 30.1. The summed E-state index contributed by atoms with van der Waals surface area (Å²) in [6.07, 6.45) is 3.42. The van der Waals surface area contributed by atoms with Gasteiger partial charge >= 0.3 is 5.97 Å². The summed E-state index contributed by atoms with van der Waals surface area (Å²) in [5, 5.41) is 0.794. The van der Waals surface area contributed by atoms with Crippen LogP contribution in [0.25, 0.3) is 17.4 Å². The van der Waals surface area contributed by atoms with Crippen LogP contribution in [0, 0.1) is 0 Å². The average molecular weight is 753 g/mol. The van der Waals surface area contributed by atoms with E-state index in [9.17, 15) is 9.59 Å². The Bertz CT molecular complexity index is 1920. The summed E-state index contributed by atoms with van der Waals surface area (Å²) in [7, 11) is 0. The van der Waals surface area contributed by atoms with Gasteiger partial charge in [-0.15, -0.1) is 0 Å². The van der Waals surface area contributed by atoms with Crippen LogP contribution in [-0.2, 0) is 9.53 Å². The van der Waals surface area contributed by atoms with Crippen molar-refractivity contribution in [2.24, 2.45) is 4.99 Å². The second-order valence-corrected chi connectivity index (χ2v) is 12.6. The first kappa shape index (κ1) is 30.6. The number of ether oxygens (including phenoxy) is 2. The molecule has 216 valence electrons. The topological polar surface area (TPSA) is 83.0 Å². The molecule has 12 heteroatoms. The number of furan rings is 1. The summed E-state index contributed by atoms with van der Waals surface area (Å²) in [4.78, 5) is 32.2. The number of aromatic nitrogens is 1. The molecule has 0 unspecified atom stereocenters. The van der Waals surface area contributed by atoms with Gasteiger partial charge in [0.05, 0.1) is 41.4 Å². The first-order valence-electron chi connectivity index (χ1n) is 12.6. The summed E-state index contributed by atoms with van der Waals surface area (Å²) in [5.41, 5.74) is 1.78. The van der Waals surface area contributed by atoms with Gasteiger partial charge in [-0.2, -0.15) is 0 Å². The number of rotatable bonds is 8. The Morgan fingerprint density at radius 3 is 2.57 bits per heavy atom. The van der Waals surface area contributed by atoms with Gasteiger partial charge in [-0.3, -0.25) is 9.36 Å². The zero-order valence-electron chi connectivity index (χ0n) is 22.3. The van der Waals surface area contributed by atoms with Gasteiger partial charge in [0.2, 0.25) is 0 Å². The van der Waals surface area contributed by atoms with Crippen molar-refractivity contribution >= 4 is 78.4 Å². The third-order valence-corrected chi connectivity index (χ3v) is 9.18. The number of fused-ring (bicyclic) bond motifs is 1. The molecular formula is C30H22Br2Cl2N2O5S. The first-order chi connectivity index (χ1) is 20.1. The van der Waals surface area contributed by atoms with Gasteiger partial charge in [-0.05, 0) is 99.8 Å². The smallest absolute Gasteiger partial charge is 0.338 e. The van der Waals surface area contributed by atoms with E-state index in [2.05, 4.69) is 43.4 Å². The van der Waals surface area contributed by atoms with E-state index in [0.29, 0.717) is 63.5 Å². The van der Waals surface area contributed by atoms with Crippen molar-refractivity contribution < 1.29 is 18.7 Å². The zero-order valence-corrected chi connectivity index (χ0v) is 27.8. The highest BCUT2D eigenvalue weighted by atomic mass is 79.9. The van der Waals surface area contributed by atoms with Crippen LogP contribution in [0.3, 0.4) is 0 Å². The van der Waals surface area contributed by atoms with E-state index < -0.39 is 12.0 Å². The Balaban J connectivity index is 1.65. The van der Waals surface area contributed by atoms with E-state index >= 15 is 0 Å². The minimum atomic E-state index is -0.896. The molecule has 1 atom stereocenters. The van der Waals surface area contributed by atoms with Crippen LogP contribution in [0.15, 0.2) is 89.5 Å². The maximum atomic E-state index is 13.9. The summed E-state index contributed by atoms with van der Waals surface area (Å²) in [6.45, 7) is 7.62. The molecule has 0 saturated carbocycles. The van der Waals surface area contributed by atoms with Crippen molar-refractivity contribution in [3.05, 3.63) is 116 Å². The molecule has 1 aliphatic rings. The number of hydrogen-bond acceptors (Lipinski definition) is 7. The van der Waals surface area contributed by atoms with Gasteiger partial charge in [0.1, 0.15) is 29.9 Å². The van der Waals surface area contributed by atoms with Gasteiger partial charge < -0.3 is 13.9 Å². The van der Waals surface area contributed by atoms with E-state index in [1.165, 1.54) is 15.9 Å². The van der Waals surface area contributed by atoms with Crippen LogP contribution in [-0.4, -0.2) is 23.8 Å². The Morgan fingerprint density at radius 1 is 1.17 bits per heavy atom. The quantitative estimate of drug-likeness (QED) is 0.138. The molecule has 0 bridgehead atoms. The predicted octanol–water partition coefficient (Wildman–Crippen LogP) is 7.45. The summed E-state index contributed by atoms with van der Waals surface area (Å²) in [6, 6.07) is 11.4. The molecule has 0 spiro atoms. The number of benzene rings is 2. The van der Waals surface area contributed by atoms with Crippen molar-refractivity contribution in [2.75, 3.05) is 13.2 Å². The molecule has 3 heterocycles. The van der Waals surface area contributed by atoms with Crippen LogP contribution >= 0.6 is 66.4 Å². The summed E-state index contributed by atoms with van der Waals surface area (Å²) < 4.78 is 20.6. The lowest BCUT2D eigenvalue weighted by atomic mass is 10.0. The second kappa shape index (κ2) is 12.8. The minimum absolute atomic E-state index is 0.162. The van der Waals surface area contributed by atoms with Crippen LogP contribution < -0.4 is 19.6 Å². The molecule has 0 radical (unpaired) electrons. The lowest BCUT2D eigenvalue weighted by molar-refractivity contribution is -0.139. The molecule has 0 saturated heterocycles. The van der Waals surface area contributed by atoms with Gasteiger partial charge in [-0.25, -0.2) is 9.79 Å². The molecule has 0 fully saturated rings. The normalized spacial score (nSPS) is 14.9. The average Bonchev–Trinajstić information content (AvgIpc) is 3.54. The standard InChI is InChI=1S/C30H22Br2Cl2N2O5S/c1-4-10-40-27-18(31)11-16(12-19(27)32)13-24-28(37)36-26(25(29(38)39-5-2)15(3)35-30(36)42-24)23-9-8-22(41-23)17-6-7-20(33)21(34)14-17/h4,6-9,11-14,26H,1,5,10H2,2-3H3/b24-13-/t26-/m1/s1. The van der Waals surface area contributed by atoms with Crippen LogP contribution in [0.5, 0.6) is 5.75 Å². The molecule has 42 heavy (non-hydrogen) atoms. The lowest BCUT2D eigenvalue weighted by Gasteiger charge is -2.22. The Kier molecular flexibility index (Phi) is 9.29. The Labute approximate surface area is 271 Å².